The predicted octanol–water partition coefficient (Wildman–Crippen LogP) is 3.61. The number of amides is 2. The Labute approximate surface area is 159 Å². The van der Waals surface area contributed by atoms with Crippen LogP contribution in [0, 0.1) is 0 Å². The molecule has 0 atom stereocenters. The number of hydrogen-bond acceptors (Lipinski definition) is 6. The molecule has 0 aliphatic carbocycles. The minimum atomic E-state index is -3.13. The minimum Gasteiger partial charge on any atom is -0.347 e. The largest absolute Gasteiger partial charge is 0.347 e. The lowest BCUT2D eigenvalue weighted by Gasteiger charge is -2.17. The van der Waals surface area contributed by atoms with Crippen LogP contribution in [0.1, 0.15) is 32.8 Å². The third-order valence-electron chi connectivity index (χ3n) is 3.16. The van der Waals surface area contributed by atoms with Gasteiger partial charge in [-0.25, -0.2) is 0 Å². The SMILES string of the molecule is CCOP(=O)(Cc1ccc(NC(=O)CCSCNC(C)=O)cc1)OCC. The molecule has 1 aromatic carbocycles. The Bertz CT molecular complexity index is 614. The Balaban J connectivity index is 2.45. The van der Waals surface area contributed by atoms with Crippen LogP contribution in [0.5, 0.6) is 0 Å². The van der Waals surface area contributed by atoms with E-state index in [4.69, 9.17) is 9.05 Å². The van der Waals surface area contributed by atoms with Crippen molar-refractivity contribution in [2.45, 2.75) is 33.4 Å². The Morgan fingerprint density at radius 1 is 1.12 bits per heavy atom. The van der Waals surface area contributed by atoms with Gasteiger partial charge in [-0.2, -0.15) is 0 Å². The normalized spacial score (nSPS) is 11.2. The van der Waals surface area contributed by atoms with Crippen LogP contribution in [-0.4, -0.2) is 36.7 Å². The zero-order valence-corrected chi connectivity index (χ0v) is 17.2. The van der Waals surface area contributed by atoms with E-state index in [0.717, 1.165) is 5.56 Å². The molecule has 146 valence electrons. The van der Waals surface area contributed by atoms with E-state index in [9.17, 15) is 14.2 Å². The summed E-state index contributed by atoms with van der Waals surface area (Å²) < 4.78 is 23.1. The third kappa shape index (κ3) is 9.38. The molecule has 0 saturated heterocycles. The summed E-state index contributed by atoms with van der Waals surface area (Å²) in [6.45, 7) is 5.66. The molecule has 2 amide bonds. The van der Waals surface area contributed by atoms with Gasteiger partial charge < -0.3 is 19.7 Å². The number of anilines is 1. The lowest BCUT2D eigenvalue weighted by atomic mass is 10.2. The molecule has 0 aliphatic rings. The van der Waals surface area contributed by atoms with Crippen molar-refractivity contribution in [1.82, 2.24) is 5.32 Å². The molecule has 7 nitrogen and oxygen atoms in total. The second-order valence-electron chi connectivity index (χ2n) is 5.39. The van der Waals surface area contributed by atoms with E-state index in [0.29, 0.717) is 37.0 Å². The van der Waals surface area contributed by atoms with Gasteiger partial charge >= 0.3 is 7.60 Å². The van der Waals surface area contributed by atoms with Gasteiger partial charge in [-0.15, -0.1) is 11.8 Å². The van der Waals surface area contributed by atoms with Gasteiger partial charge in [0.25, 0.3) is 0 Å². The molecule has 0 unspecified atom stereocenters. The lowest BCUT2D eigenvalue weighted by Crippen LogP contribution is -2.19. The van der Waals surface area contributed by atoms with E-state index in [2.05, 4.69) is 10.6 Å². The van der Waals surface area contributed by atoms with Crippen molar-refractivity contribution in [1.29, 1.82) is 0 Å². The van der Waals surface area contributed by atoms with Crippen LogP contribution < -0.4 is 10.6 Å². The molecule has 1 rings (SSSR count). The predicted molar refractivity (Wildman–Crippen MR) is 105 cm³/mol. The third-order valence-corrected chi connectivity index (χ3v) is 6.06. The summed E-state index contributed by atoms with van der Waals surface area (Å²) in [4.78, 5) is 22.6. The van der Waals surface area contributed by atoms with Crippen molar-refractivity contribution in [3.63, 3.8) is 0 Å². The lowest BCUT2D eigenvalue weighted by molar-refractivity contribution is -0.118. The summed E-state index contributed by atoms with van der Waals surface area (Å²) in [5, 5.41) is 5.47. The van der Waals surface area contributed by atoms with Crippen LogP contribution in [0.2, 0.25) is 0 Å². The Kier molecular flexibility index (Phi) is 10.6. The van der Waals surface area contributed by atoms with E-state index in [1.165, 1.54) is 18.7 Å². The monoisotopic (exact) mass is 402 g/mol. The maximum Gasteiger partial charge on any atom is 0.335 e. The molecule has 0 radical (unpaired) electrons. The molecule has 0 bridgehead atoms. The van der Waals surface area contributed by atoms with Crippen molar-refractivity contribution in [2.24, 2.45) is 0 Å². The highest BCUT2D eigenvalue weighted by Crippen LogP contribution is 2.51. The summed E-state index contributed by atoms with van der Waals surface area (Å²) in [5.41, 5.74) is 1.49. The fourth-order valence-electron chi connectivity index (χ4n) is 2.05. The first-order valence-corrected chi connectivity index (χ1v) is 11.4. The molecule has 0 heterocycles. The molecule has 0 fully saturated rings. The van der Waals surface area contributed by atoms with E-state index < -0.39 is 7.60 Å². The molecule has 0 aliphatic heterocycles. The van der Waals surface area contributed by atoms with E-state index in [1.54, 1.807) is 38.1 Å². The van der Waals surface area contributed by atoms with Gasteiger partial charge in [0, 0.05) is 24.8 Å². The summed E-state index contributed by atoms with van der Waals surface area (Å²) in [6.07, 6.45) is 0.554. The second kappa shape index (κ2) is 12.1. The number of carbonyl (C=O) groups excluding carboxylic acids is 2. The second-order valence-corrected chi connectivity index (χ2v) is 8.54. The topological polar surface area (TPSA) is 93.7 Å². The first-order chi connectivity index (χ1) is 12.4. The molecule has 0 aromatic heterocycles. The van der Waals surface area contributed by atoms with E-state index in [-0.39, 0.29) is 18.0 Å². The Morgan fingerprint density at radius 3 is 2.27 bits per heavy atom. The van der Waals surface area contributed by atoms with Gasteiger partial charge in [-0.1, -0.05) is 12.1 Å². The Morgan fingerprint density at radius 2 is 1.73 bits per heavy atom. The summed E-state index contributed by atoms with van der Waals surface area (Å²) in [7, 11) is -3.13. The van der Waals surface area contributed by atoms with Crippen molar-refractivity contribution in [2.75, 3.05) is 30.2 Å². The van der Waals surface area contributed by atoms with Gasteiger partial charge in [0.05, 0.1) is 25.3 Å². The van der Waals surface area contributed by atoms with Crippen molar-refractivity contribution < 1.29 is 23.2 Å². The van der Waals surface area contributed by atoms with Crippen molar-refractivity contribution in [3.05, 3.63) is 29.8 Å². The molecule has 2 N–H and O–H groups in total. The smallest absolute Gasteiger partial charge is 0.335 e. The first kappa shape index (κ1) is 22.7. The molecular weight excluding hydrogens is 375 g/mol. The highest BCUT2D eigenvalue weighted by Gasteiger charge is 2.23. The zero-order valence-electron chi connectivity index (χ0n) is 15.4. The van der Waals surface area contributed by atoms with Crippen LogP contribution in [-0.2, 0) is 29.4 Å². The standard InChI is InChI=1S/C17H27N2O5PS/c1-4-23-25(22,24-5-2)12-15-6-8-16(9-7-15)19-17(21)10-11-26-13-18-14(3)20/h6-9H,4-5,10-13H2,1-3H3,(H,18,20)(H,19,21). The summed E-state index contributed by atoms with van der Waals surface area (Å²) in [5.74, 6) is 0.940. The molecule has 9 heteroatoms. The van der Waals surface area contributed by atoms with Crippen molar-refractivity contribution in [3.8, 4) is 0 Å². The van der Waals surface area contributed by atoms with Crippen molar-refractivity contribution >= 4 is 36.9 Å². The average Bonchev–Trinajstić information content (AvgIpc) is 2.56. The number of rotatable bonds is 12. The number of thioether (sulfide) groups is 1. The minimum absolute atomic E-state index is 0.0831. The number of benzene rings is 1. The quantitative estimate of drug-likeness (QED) is 0.315. The molecule has 26 heavy (non-hydrogen) atoms. The maximum absolute atomic E-state index is 12.5. The number of carbonyl (C=O) groups is 2. The van der Waals surface area contributed by atoms with E-state index in [1.807, 2.05) is 0 Å². The number of hydrogen-bond donors (Lipinski definition) is 2. The average molecular weight is 402 g/mol. The Hall–Kier alpha value is -1.34. The summed E-state index contributed by atoms with van der Waals surface area (Å²) in [6, 6.07) is 7.12. The van der Waals surface area contributed by atoms with E-state index >= 15 is 0 Å². The van der Waals surface area contributed by atoms with Gasteiger partial charge in [0.2, 0.25) is 11.8 Å². The van der Waals surface area contributed by atoms with Gasteiger partial charge in [0.1, 0.15) is 0 Å². The van der Waals surface area contributed by atoms with Crippen LogP contribution in [0.3, 0.4) is 0 Å². The highest BCUT2D eigenvalue weighted by atomic mass is 32.2. The van der Waals surface area contributed by atoms with Crippen LogP contribution in [0.25, 0.3) is 0 Å². The van der Waals surface area contributed by atoms with Crippen LogP contribution in [0.15, 0.2) is 24.3 Å². The fraction of sp³-hybridized carbons (Fsp3) is 0.529. The van der Waals surface area contributed by atoms with Gasteiger partial charge in [0.15, 0.2) is 0 Å². The highest BCUT2D eigenvalue weighted by molar-refractivity contribution is 7.99. The molecular formula is C17H27N2O5PS. The maximum atomic E-state index is 12.5. The van der Waals surface area contributed by atoms with Crippen LogP contribution in [0.4, 0.5) is 5.69 Å². The van der Waals surface area contributed by atoms with Gasteiger partial charge in [-0.05, 0) is 31.5 Å². The van der Waals surface area contributed by atoms with Gasteiger partial charge in [-0.3, -0.25) is 14.2 Å². The molecule has 1 aromatic rings. The molecule has 0 saturated carbocycles. The summed E-state index contributed by atoms with van der Waals surface area (Å²) >= 11 is 1.49. The molecule has 0 spiro atoms. The van der Waals surface area contributed by atoms with Crippen LogP contribution >= 0.6 is 19.4 Å². The zero-order chi connectivity index (χ0) is 19.4. The first-order valence-electron chi connectivity index (χ1n) is 8.47. The fourth-order valence-corrected chi connectivity index (χ4v) is 4.53. The number of nitrogens with one attached hydrogen (secondary N) is 2.